The molecule has 17 heavy (non-hydrogen) atoms. The van der Waals surface area contributed by atoms with Crippen LogP contribution in [0.25, 0.3) is 0 Å². The Kier molecular flexibility index (Phi) is 5.10. The molecule has 0 radical (unpaired) electrons. The molecule has 1 atom stereocenters. The highest BCUT2D eigenvalue weighted by molar-refractivity contribution is 6.34. The highest BCUT2D eigenvalue weighted by Crippen LogP contribution is 2.23. The highest BCUT2D eigenvalue weighted by atomic mass is 35.5. The maximum atomic E-state index is 8.56. The van der Waals surface area contributed by atoms with Gasteiger partial charge in [-0.3, -0.25) is 0 Å². The van der Waals surface area contributed by atoms with Crippen molar-refractivity contribution in [3.05, 3.63) is 28.8 Å². The van der Waals surface area contributed by atoms with E-state index in [9.17, 15) is 0 Å². The Balaban J connectivity index is 2.75. The van der Waals surface area contributed by atoms with Crippen LogP contribution in [0.4, 0.5) is 0 Å². The van der Waals surface area contributed by atoms with Crippen molar-refractivity contribution in [1.82, 2.24) is 0 Å². The van der Waals surface area contributed by atoms with Crippen molar-refractivity contribution in [2.45, 2.75) is 20.3 Å². The third-order valence-electron chi connectivity index (χ3n) is 2.56. The van der Waals surface area contributed by atoms with Crippen molar-refractivity contribution < 1.29 is 9.94 Å². The Bertz CT molecular complexity index is 407. The summed E-state index contributed by atoms with van der Waals surface area (Å²) in [6, 6.07) is 5.09. The van der Waals surface area contributed by atoms with Crippen LogP contribution in [-0.2, 0) is 0 Å². The van der Waals surface area contributed by atoms with Gasteiger partial charge in [0.25, 0.3) is 0 Å². The normalized spacial score (nSPS) is 13.5. The zero-order valence-electron chi connectivity index (χ0n) is 9.98. The molecule has 0 aliphatic rings. The average Bonchev–Trinajstić information content (AvgIpc) is 2.35. The molecule has 1 rings (SSSR count). The molecule has 1 aromatic rings. The van der Waals surface area contributed by atoms with E-state index in [2.05, 4.69) is 19.0 Å². The van der Waals surface area contributed by atoms with Gasteiger partial charge in [-0.2, -0.15) is 0 Å². The van der Waals surface area contributed by atoms with E-state index in [0.29, 0.717) is 28.9 Å². The van der Waals surface area contributed by atoms with Crippen molar-refractivity contribution in [2.75, 3.05) is 6.61 Å². The van der Waals surface area contributed by atoms with Crippen molar-refractivity contribution in [1.29, 1.82) is 0 Å². The summed E-state index contributed by atoms with van der Waals surface area (Å²) in [7, 11) is 0. The Morgan fingerprint density at radius 1 is 1.59 bits per heavy atom. The van der Waals surface area contributed by atoms with Crippen LogP contribution in [0.2, 0.25) is 5.02 Å². The van der Waals surface area contributed by atoms with Gasteiger partial charge in [0.15, 0.2) is 5.84 Å². The summed E-state index contributed by atoms with van der Waals surface area (Å²) >= 11 is 6.00. The number of nitrogens with zero attached hydrogens (tertiary/aromatic N) is 1. The van der Waals surface area contributed by atoms with Gasteiger partial charge in [0, 0.05) is 5.56 Å². The fourth-order valence-corrected chi connectivity index (χ4v) is 1.47. The van der Waals surface area contributed by atoms with E-state index in [1.165, 1.54) is 0 Å². The van der Waals surface area contributed by atoms with Gasteiger partial charge in [-0.1, -0.05) is 37.0 Å². The van der Waals surface area contributed by atoms with Gasteiger partial charge >= 0.3 is 0 Å². The van der Waals surface area contributed by atoms with Crippen LogP contribution in [0.15, 0.2) is 23.4 Å². The minimum Gasteiger partial charge on any atom is -0.493 e. The molecule has 0 aromatic heterocycles. The molecule has 0 aliphatic heterocycles. The van der Waals surface area contributed by atoms with Crippen LogP contribution < -0.4 is 10.5 Å². The topological polar surface area (TPSA) is 67.8 Å². The van der Waals surface area contributed by atoms with Gasteiger partial charge in [-0.15, -0.1) is 0 Å². The van der Waals surface area contributed by atoms with Crippen molar-refractivity contribution in [3.63, 3.8) is 0 Å². The van der Waals surface area contributed by atoms with Crippen LogP contribution in [0, 0.1) is 5.92 Å². The van der Waals surface area contributed by atoms with Gasteiger partial charge < -0.3 is 15.7 Å². The average molecular weight is 257 g/mol. The number of ether oxygens (including phenoxy) is 1. The smallest absolute Gasteiger partial charge is 0.171 e. The van der Waals surface area contributed by atoms with Crippen molar-refractivity contribution in [3.8, 4) is 5.75 Å². The van der Waals surface area contributed by atoms with Gasteiger partial charge in [0.1, 0.15) is 5.75 Å². The Morgan fingerprint density at radius 2 is 2.29 bits per heavy atom. The summed E-state index contributed by atoms with van der Waals surface area (Å²) in [6.45, 7) is 4.88. The Hall–Kier alpha value is -1.42. The van der Waals surface area contributed by atoms with Gasteiger partial charge in [-0.25, -0.2) is 0 Å². The van der Waals surface area contributed by atoms with Gasteiger partial charge in [0.2, 0.25) is 0 Å². The maximum absolute atomic E-state index is 8.56. The second-order valence-electron chi connectivity index (χ2n) is 3.95. The van der Waals surface area contributed by atoms with E-state index >= 15 is 0 Å². The van der Waals surface area contributed by atoms with E-state index in [1.807, 2.05) is 0 Å². The van der Waals surface area contributed by atoms with Crippen LogP contribution in [0.5, 0.6) is 5.75 Å². The lowest BCUT2D eigenvalue weighted by Crippen LogP contribution is -2.14. The monoisotopic (exact) mass is 256 g/mol. The minimum absolute atomic E-state index is 0.0107. The molecule has 0 fully saturated rings. The Labute approximate surface area is 106 Å². The minimum atomic E-state index is -0.0107. The molecule has 0 heterocycles. The molecule has 3 N–H and O–H groups in total. The Morgan fingerprint density at radius 3 is 2.82 bits per heavy atom. The van der Waals surface area contributed by atoms with Crippen molar-refractivity contribution >= 4 is 17.4 Å². The van der Waals surface area contributed by atoms with Crippen LogP contribution in [-0.4, -0.2) is 17.6 Å². The van der Waals surface area contributed by atoms with E-state index < -0.39 is 0 Å². The molecule has 1 unspecified atom stereocenters. The molecule has 0 aliphatic carbocycles. The summed E-state index contributed by atoms with van der Waals surface area (Å²) in [5.74, 6) is 1.17. The molecule has 0 saturated carbocycles. The quantitative estimate of drug-likeness (QED) is 0.368. The molecule has 5 heteroatoms. The zero-order chi connectivity index (χ0) is 12.8. The lowest BCUT2D eigenvalue weighted by atomic mass is 10.1. The molecule has 0 amide bonds. The lowest BCUT2D eigenvalue weighted by Gasteiger charge is -2.12. The fourth-order valence-electron chi connectivity index (χ4n) is 1.20. The maximum Gasteiger partial charge on any atom is 0.171 e. The van der Waals surface area contributed by atoms with Gasteiger partial charge in [-0.05, 0) is 24.1 Å². The summed E-state index contributed by atoms with van der Waals surface area (Å²) in [5, 5.41) is 11.9. The SMILES string of the molecule is CCC(C)COc1ccc(/C(N)=N/O)c(Cl)c1. The number of hydrogen-bond acceptors (Lipinski definition) is 3. The van der Waals surface area contributed by atoms with E-state index in [0.717, 1.165) is 6.42 Å². The first-order valence-corrected chi connectivity index (χ1v) is 5.86. The summed E-state index contributed by atoms with van der Waals surface area (Å²) in [6.07, 6.45) is 1.07. The molecule has 0 spiro atoms. The largest absolute Gasteiger partial charge is 0.493 e. The van der Waals surface area contributed by atoms with E-state index in [4.69, 9.17) is 27.3 Å². The number of oxime groups is 1. The molecule has 1 aromatic carbocycles. The molecule has 4 nitrogen and oxygen atoms in total. The lowest BCUT2D eigenvalue weighted by molar-refractivity contribution is 0.256. The summed E-state index contributed by atoms with van der Waals surface area (Å²) in [4.78, 5) is 0. The van der Waals surface area contributed by atoms with Crippen LogP contribution in [0.3, 0.4) is 0 Å². The number of benzene rings is 1. The van der Waals surface area contributed by atoms with E-state index in [-0.39, 0.29) is 5.84 Å². The predicted molar refractivity (Wildman–Crippen MR) is 68.9 cm³/mol. The molecule has 94 valence electrons. The summed E-state index contributed by atoms with van der Waals surface area (Å²) in [5.41, 5.74) is 5.95. The second-order valence-corrected chi connectivity index (χ2v) is 4.36. The molecular weight excluding hydrogens is 240 g/mol. The third kappa shape index (κ3) is 3.82. The number of nitrogens with two attached hydrogens (primary N) is 1. The molecular formula is C12H17ClN2O2. The molecule has 0 saturated heterocycles. The van der Waals surface area contributed by atoms with Crippen LogP contribution >= 0.6 is 11.6 Å². The van der Waals surface area contributed by atoms with Crippen LogP contribution in [0.1, 0.15) is 25.8 Å². The van der Waals surface area contributed by atoms with E-state index in [1.54, 1.807) is 18.2 Å². The number of halogens is 1. The molecule has 0 bridgehead atoms. The first kappa shape index (κ1) is 13.6. The first-order chi connectivity index (χ1) is 8.08. The zero-order valence-corrected chi connectivity index (χ0v) is 10.7. The fraction of sp³-hybridized carbons (Fsp3) is 0.417. The standard InChI is InChI=1S/C12H17ClN2O2/c1-3-8(2)7-17-9-4-5-10(11(13)6-9)12(14)15-16/h4-6,8,16H,3,7H2,1-2H3,(H2,14,15). The summed E-state index contributed by atoms with van der Waals surface area (Å²) < 4.78 is 5.58. The highest BCUT2D eigenvalue weighted by Gasteiger charge is 2.07. The second kappa shape index (κ2) is 6.35. The predicted octanol–water partition coefficient (Wildman–Crippen LogP) is 2.86. The number of rotatable bonds is 5. The first-order valence-electron chi connectivity index (χ1n) is 5.48. The number of hydrogen-bond donors (Lipinski definition) is 2. The van der Waals surface area contributed by atoms with Crippen molar-refractivity contribution in [2.24, 2.45) is 16.8 Å². The third-order valence-corrected chi connectivity index (χ3v) is 2.87. The van der Waals surface area contributed by atoms with Gasteiger partial charge in [0.05, 0.1) is 11.6 Å². The number of amidine groups is 1.